The molecule has 8 heteroatoms. The first-order valence-electron chi connectivity index (χ1n) is 7.48. The number of aromatic amines is 2. The first-order chi connectivity index (χ1) is 10.5. The lowest BCUT2D eigenvalue weighted by atomic mass is 10.2. The molecule has 2 aromatic heterocycles. The van der Waals surface area contributed by atoms with Gasteiger partial charge in [0.1, 0.15) is 5.82 Å². The Bertz CT molecular complexity index is 743. The van der Waals surface area contributed by atoms with Crippen molar-refractivity contribution >= 4 is 0 Å². The van der Waals surface area contributed by atoms with Gasteiger partial charge in [0.15, 0.2) is 5.82 Å². The molecule has 0 spiro atoms. The third-order valence-electron chi connectivity index (χ3n) is 4.04. The summed E-state index contributed by atoms with van der Waals surface area (Å²) in [6.07, 6.45) is 2.06. The molecule has 3 heterocycles. The molecule has 0 radical (unpaired) electrons. The van der Waals surface area contributed by atoms with Crippen molar-refractivity contribution in [1.82, 2.24) is 29.6 Å². The van der Waals surface area contributed by atoms with Crippen molar-refractivity contribution in [2.45, 2.75) is 39.3 Å². The predicted molar refractivity (Wildman–Crippen MR) is 80.7 cm³/mol. The zero-order valence-corrected chi connectivity index (χ0v) is 12.8. The van der Waals surface area contributed by atoms with Crippen LogP contribution in [0.3, 0.4) is 0 Å². The molecular weight excluding hydrogens is 284 g/mol. The van der Waals surface area contributed by atoms with Gasteiger partial charge in [0.25, 0.3) is 5.56 Å². The molecule has 1 aliphatic heterocycles. The number of likely N-dealkylation sites (tertiary alicyclic amines) is 1. The summed E-state index contributed by atoms with van der Waals surface area (Å²) in [7, 11) is 0. The first kappa shape index (κ1) is 14.7. The summed E-state index contributed by atoms with van der Waals surface area (Å²) >= 11 is 0. The molecule has 0 aliphatic carbocycles. The topological polar surface area (TPSA) is 99.7 Å². The average molecular weight is 304 g/mol. The van der Waals surface area contributed by atoms with Gasteiger partial charge in [-0.05, 0) is 33.2 Å². The normalized spacial score (nSPS) is 18.9. The van der Waals surface area contributed by atoms with Gasteiger partial charge < -0.3 is 4.98 Å². The van der Waals surface area contributed by atoms with Crippen LogP contribution in [0.2, 0.25) is 0 Å². The van der Waals surface area contributed by atoms with Crippen molar-refractivity contribution in [3.8, 4) is 0 Å². The standard InChI is InChI=1S/C14H20N6O2/c1-9-8-12(21)20(14(22)15-9)7-6-19-5-3-4-11(19)13-16-10(2)17-18-13/h8,11H,3-7H2,1-2H3,(H,15,22)(H,16,17,18)/t11-/m0/s1. The minimum Gasteiger partial charge on any atom is -0.311 e. The van der Waals surface area contributed by atoms with Gasteiger partial charge in [-0.2, -0.15) is 5.10 Å². The van der Waals surface area contributed by atoms with E-state index in [2.05, 4.69) is 25.1 Å². The van der Waals surface area contributed by atoms with Crippen molar-refractivity contribution in [2.24, 2.45) is 0 Å². The number of hydrogen-bond donors (Lipinski definition) is 2. The maximum absolute atomic E-state index is 11.9. The van der Waals surface area contributed by atoms with Crippen LogP contribution >= 0.6 is 0 Å². The molecule has 0 aromatic carbocycles. The van der Waals surface area contributed by atoms with Crippen molar-refractivity contribution in [3.05, 3.63) is 44.2 Å². The number of hydrogen-bond acceptors (Lipinski definition) is 5. The Kier molecular flexibility index (Phi) is 3.93. The minimum absolute atomic E-state index is 0.158. The summed E-state index contributed by atoms with van der Waals surface area (Å²) in [4.78, 5) is 33.1. The summed E-state index contributed by atoms with van der Waals surface area (Å²) in [5.74, 6) is 1.59. The lowest BCUT2D eigenvalue weighted by Crippen LogP contribution is -2.39. The molecule has 0 unspecified atom stereocenters. The summed E-state index contributed by atoms with van der Waals surface area (Å²) in [6.45, 7) is 5.51. The molecule has 8 nitrogen and oxygen atoms in total. The predicted octanol–water partition coefficient (Wildman–Crippen LogP) is 0.109. The van der Waals surface area contributed by atoms with Gasteiger partial charge in [0.05, 0.1) is 6.04 Å². The van der Waals surface area contributed by atoms with Crippen LogP contribution in [0.25, 0.3) is 0 Å². The van der Waals surface area contributed by atoms with Gasteiger partial charge in [-0.25, -0.2) is 9.78 Å². The zero-order valence-electron chi connectivity index (χ0n) is 12.8. The van der Waals surface area contributed by atoms with E-state index < -0.39 is 0 Å². The molecular formula is C14H20N6O2. The lowest BCUT2D eigenvalue weighted by Gasteiger charge is -2.22. The van der Waals surface area contributed by atoms with Crippen molar-refractivity contribution in [2.75, 3.05) is 13.1 Å². The molecule has 2 N–H and O–H groups in total. The minimum atomic E-state index is -0.352. The zero-order chi connectivity index (χ0) is 15.7. The fourth-order valence-electron chi connectivity index (χ4n) is 2.97. The van der Waals surface area contributed by atoms with Gasteiger partial charge in [-0.15, -0.1) is 0 Å². The van der Waals surface area contributed by atoms with E-state index in [1.54, 1.807) is 6.92 Å². The number of H-pyrrole nitrogens is 2. The Morgan fingerprint density at radius 3 is 2.82 bits per heavy atom. The Hall–Kier alpha value is -2.22. The number of aryl methyl sites for hydroxylation is 2. The molecule has 1 saturated heterocycles. The molecule has 1 aliphatic rings. The highest BCUT2D eigenvalue weighted by molar-refractivity contribution is 5.00. The third kappa shape index (κ3) is 2.87. The molecule has 2 aromatic rings. The van der Waals surface area contributed by atoms with Crippen LogP contribution in [-0.4, -0.2) is 42.7 Å². The van der Waals surface area contributed by atoms with Crippen LogP contribution in [0.4, 0.5) is 0 Å². The summed E-state index contributed by atoms with van der Waals surface area (Å²) < 4.78 is 1.24. The largest absolute Gasteiger partial charge is 0.328 e. The van der Waals surface area contributed by atoms with E-state index in [0.29, 0.717) is 18.8 Å². The van der Waals surface area contributed by atoms with Crippen LogP contribution in [0.1, 0.15) is 36.2 Å². The fourth-order valence-corrected chi connectivity index (χ4v) is 2.97. The molecule has 3 rings (SSSR count). The number of nitrogens with one attached hydrogen (secondary N) is 2. The molecule has 0 amide bonds. The highest BCUT2D eigenvalue weighted by atomic mass is 16.2. The Morgan fingerprint density at radius 1 is 1.32 bits per heavy atom. The van der Waals surface area contributed by atoms with Crippen molar-refractivity contribution < 1.29 is 0 Å². The van der Waals surface area contributed by atoms with E-state index >= 15 is 0 Å². The SMILES string of the molecule is Cc1cc(=O)n(CCN2CCC[C@H]2c2n[nH]c(C)n2)c(=O)[nH]1. The summed E-state index contributed by atoms with van der Waals surface area (Å²) in [5, 5.41) is 7.10. The maximum atomic E-state index is 11.9. The third-order valence-corrected chi connectivity index (χ3v) is 4.04. The van der Waals surface area contributed by atoms with Crippen LogP contribution in [0.5, 0.6) is 0 Å². The monoisotopic (exact) mass is 304 g/mol. The van der Waals surface area contributed by atoms with Gasteiger partial charge in [0.2, 0.25) is 0 Å². The lowest BCUT2D eigenvalue weighted by molar-refractivity contribution is 0.236. The van der Waals surface area contributed by atoms with Crippen LogP contribution in [-0.2, 0) is 6.54 Å². The second-order valence-corrected chi connectivity index (χ2v) is 5.72. The van der Waals surface area contributed by atoms with E-state index in [0.717, 1.165) is 31.0 Å². The van der Waals surface area contributed by atoms with Crippen molar-refractivity contribution in [3.63, 3.8) is 0 Å². The molecule has 1 atom stereocenters. The smallest absolute Gasteiger partial charge is 0.311 e. The molecule has 0 bridgehead atoms. The Labute approximate surface area is 127 Å². The van der Waals surface area contributed by atoms with Gasteiger partial charge in [0, 0.05) is 24.8 Å². The van der Waals surface area contributed by atoms with Crippen LogP contribution in [0, 0.1) is 13.8 Å². The van der Waals surface area contributed by atoms with Crippen LogP contribution in [0.15, 0.2) is 15.7 Å². The number of rotatable bonds is 4. The first-order valence-corrected chi connectivity index (χ1v) is 7.48. The van der Waals surface area contributed by atoms with Crippen LogP contribution < -0.4 is 11.2 Å². The molecule has 1 fully saturated rings. The second-order valence-electron chi connectivity index (χ2n) is 5.72. The fraction of sp³-hybridized carbons (Fsp3) is 0.571. The number of aromatic nitrogens is 5. The molecule has 118 valence electrons. The second kappa shape index (κ2) is 5.88. The van der Waals surface area contributed by atoms with E-state index in [9.17, 15) is 9.59 Å². The van der Waals surface area contributed by atoms with Gasteiger partial charge in [-0.3, -0.25) is 19.4 Å². The average Bonchev–Trinajstić information content (AvgIpc) is 3.06. The van der Waals surface area contributed by atoms with Gasteiger partial charge >= 0.3 is 5.69 Å². The highest BCUT2D eigenvalue weighted by Gasteiger charge is 2.28. The summed E-state index contributed by atoms with van der Waals surface area (Å²) in [6, 6.07) is 1.60. The summed E-state index contributed by atoms with van der Waals surface area (Å²) in [5.41, 5.74) is -0.0262. The molecule has 22 heavy (non-hydrogen) atoms. The van der Waals surface area contributed by atoms with E-state index in [1.807, 2.05) is 6.92 Å². The van der Waals surface area contributed by atoms with Crippen molar-refractivity contribution in [1.29, 1.82) is 0 Å². The van der Waals surface area contributed by atoms with E-state index in [1.165, 1.54) is 10.6 Å². The highest BCUT2D eigenvalue weighted by Crippen LogP contribution is 2.29. The van der Waals surface area contributed by atoms with E-state index in [4.69, 9.17) is 0 Å². The quantitative estimate of drug-likeness (QED) is 0.835. The maximum Gasteiger partial charge on any atom is 0.328 e. The molecule has 0 saturated carbocycles. The van der Waals surface area contributed by atoms with E-state index in [-0.39, 0.29) is 17.3 Å². The number of nitrogens with zero attached hydrogens (tertiary/aromatic N) is 4. The Balaban J connectivity index is 1.74. The van der Waals surface area contributed by atoms with Gasteiger partial charge in [-0.1, -0.05) is 0 Å². The Morgan fingerprint density at radius 2 is 2.14 bits per heavy atom.